The van der Waals surface area contributed by atoms with E-state index in [2.05, 4.69) is 23.1 Å². The van der Waals surface area contributed by atoms with Crippen molar-refractivity contribution in [1.82, 2.24) is 4.98 Å². The van der Waals surface area contributed by atoms with Gasteiger partial charge in [-0.1, -0.05) is 23.8 Å². The topological polar surface area (TPSA) is 64.1 Å². The van der Waals surface area contributed by atoms with Gasteiger partial charge in [0.25, 0.3) is 0 Å². The molecule has 1 aromatic heterocycles. The molecule has 1 fully saturated rings. The molecule has 1 saturated heterocycles. The molecule has 3 aromatic rings. The normalized spacial score (nSPS) is 20.9. The summed E-state index contributed by atoms with van der Waals surface area (Å²) >= 11 is 1.63. The Labute approximate surface area is 220 Å². The molecule has 166 valence electrons. The van der Waals surface area contributed by atoms with Gasteiger partial charge in [0.05, 0.1) is 26.4 Å². The molecule has 1 unspecified atom stereocenters. The minimum Gasteiger partial charge on any atom is -0.683 e. The van der Waals surface area contributed by atoms with Gasteiger partial charge in [0, 0.05) is 35.6 Å². The maximum absolute atomic E-state index is 14.0. The summed E-state index contributed by atoms with van der Waals surface area (Å²) in [5.41, 5.74) is 1.75. The van der Waals surface area contributed by atoms with E-state index in [9.17, 15) is 4.79 Å². The van der Waals surface area contributed by atoms with E-state index in [0.29, 0.717) is 31.3 Å². The molecule has 7 nitrogen and oxygen atoms in total. The summed E-state index contributed by atoms with van der Waals surface area (Å²) in [6.07, 6.45) is 1.87. The number of hydrogen-bond acceptors (Lipinski definition) is 7. The fraction of sp³-hybridized carbons (Fsp3) is 0.292. The molecular formula is C24H21N3O4SU. The number of para-hydroxylation sites is 1. The number of amides is 1. The monoisotopic (exact) mass is 685 g/mol. The van der Waals surface area contributed by atoms with E-state index < -0.39 is 5.41 Å². The molecule has 1 amide bonds. The van der Waals surface area contributed by atoms with Gasteiger partial charge in [-0.15, -0.1) is 29.5 Å². The fourth-order valence-corrected chi connectivity index (χ4v) is 5.72. The number of ether oxygens (including phenoxy) is 3. The standard InChI is InChI=1S/C24H21N3O4S.U/c1-29-16-6-7-21-19(12-16)24(15-31-21)18-4-2-3-5-20(18)27(22(24)28)14-17-13-25-23(32-17)26-8-10-30-11-9-26;/h2-5,7,12-13H,1,8-11,14-15H2;/q-2;+2. The third-order valence-electron chi connectivity index (χ3n) is 6.35. The number of aromatic nitrogens is 1. The second-order valence-electron chi connectivity index (χ2n) is 8.03. The van der Waals surface area contributed by atoms with Crippen molar-refractivity contribution < 1.29 is 50.1 Å². The third-order valence-corrected chi connectivity index (χ3v) is 7.39. The molecule has 0 aliphatic carbocycles. The van der Waals surface area contributed by atoms with Crippen LogP contribution in [0, 0.1) is 44.3 Å². The van der Waals surface area contributed by atoms with Gasteiger partial charge in [-0.25, -0.2) is 4.98 Å². The van der Waals surface area contributed by atoms with Crippen LogP contribution >= 0.6 is 11.3 Å². The second kappa shape index (κ2) is 8.95. The summed E-state index contributed by atoms with van der Waals surface area (Å²) < 4.78 is 16.5. The molecule has 33 heavy (non-hydrogen) atoms. The zero-order valence-corrected chi connectivity index (χ0v) is 22.9. The van der Waals surface area contributed by atoms with E-state index in [1.165, 1.54) is 0 Å². The predicted molar refractivity (Wildman–Crippen MR) is 120 cm³/mol. The van der Waals surface area contributed by atoms with Crippen LogP contribution in [-0.4, -0.2) is 43.8 Å². The Morgan fingerprint density at radius 2 is 2.06 bits per heavy atom. The number of anilines is 2. The van der Waals surface area contributed by atoms with Crippen molar-refractivity contribution in [1.29, 1.82) is 0 Å². The van der Waals surface area contributed by atoms with Crippen LogP contribution in [0.3, 0.4) is 0 Å². The van der Waals surface area contributed by atoms with E-state index in [-0.39, 0.29) is 43.6 Å². The zero-order valence-electron chi connectivity index (χ0n) is 17.9. The van der Waals surface area contributed by atoms with Gasteiger partial charge in [0.2, 0.25) is 5.91 Å². The summed E-state index contributed by atoms with van der Waals surface area (Å²) in [5.74, 6) is 1.14. The molecule has 0 N–H and O–H groups in total. The van der Waals surface area contributed by atoms with E-state index in [1.807, 2.05) is 41.4 Å². The molecule has 0 radical (unpaired) electrons. The molecule has 2 aromatic carbocycles. The summed E-state index contributed by atoms with van der Waals surface area (Å²) in [4.78, 5) is 23.7. The molecule has 3 aliphatic rings. The average Bonchev–Trinajstić information content (AvgIpc) is 3.53. The summed E-state index contributed by atoms with van der Waals surface area (Å²) in [6.45, 7) is 3.82. The van der Waals surface area contributed by atoms with Crippen molar-refractivity contribution in [2.45, 2.75) is 12.0 Å². The summed E-state index contributed by atoms with van der Waals surface area (Å²) in [7, 11) is 3.49. The van der Waals surface area contributed by atoms with Gasteiger partial charge in [-0.2, -0.15) is 7.11 Å². The van der Waals surface area contributed by atoms with Gasteiger partial charge >= 0.3 is 31.1 Å². The first-order chi connectivity index (χ1) is 15.7. The van der Waals surface area contributed by atoms with Gasteiger partial charge in [0.15, 0.2) is 5.13 Å². The Bertz CT molecular complexity index is 1200. The maximum Gasteiger partial charge on any atom is 2.00 e. The first-order valence-electron chi connectivity index (χ1n) is 10.5. The molecule has 1 atom stereocenters. The number of carbonyl (C=O) groups excluding carboxylic acids is 1. The average molecular weight is 686 g/mol. The van der Waals surface area contributed by atoms with Crippen LogP contribution in [0.5, 0.6) is 11.5 Å². The van der Waals surface area contributed by atoms with E-state index in [4.69, 9.17) is 14.2 Å². The van der Waals surface area contributed by atoms with Crippen molar-refractivity contribution in [2.75, 3.05) is 42.7 Å². The summed E-state index contributed by atoms with van der Waals surface area (Å²) in [5, 5.41) is 0.972. The van der Waals surface area contributed by atoms with Crippen LogP contribution in [0.25, 0.3) is 0 Å². The van der Waals surface area contributed by atoms with Crippen molar-refractivity contribution in [2.24, 2.45) is 0 Å². The Morgan fingerprint density at radius 1 is 1.24 bits per heavy atom. The number of carbonyl (C=O) groups is 1. The van der Waals surface area contributed by atoms with Crippen LogP contribution in [0.2, 0.25) is 0 Å². The van der Waals surface area contributed by atoms with Crippen LogP contribution in [0.15, 0.2) is 42.6 Å². The largest absolute Gasteiger partial charge is 2.00 e. The number of benzene rings is 2. The van der Waals surface area contributed by atoms with Crippen LogP contribution < -0.4 is 19.3 Å². The van der Waals surface area contributed by atoms with Gasteiger partial charge in [0.1, 0.15) is 5.41 Å². The van der Waals surface area contributed by atoms with Crippen molar-refractivity contribution in [3.8, 4) is 11.5 Å². The van der Waals surface area contributed by atoms with Gasteiger partial charge in [-0.05, 0) is 17.4 Å². The van der Waals surface area contributed by atoms with Crippen molar-refractivity contribution >= 4 is 28.1 Å². The molecule has 0 saturated carbocycles. The Morgan fingerprint density at radius 3 is 2.88 bits per heavy atom. The van der Waals surface area contributed by atoms with E-state index in [1.54, 1.807) is 17.4 Å². The molecule has 4 heterocycles. The number of nitrogens with zero attached hydrogens (tertiary/aromatic N) is 3. The van der Waals surface area contributed by atoms with Gasteiger partial charge in [-0.3, -0.25) is 4.79 Å². The maximum atomic E-state index is 14.0. The number of hydrogen-bond donors (Lipinski definition) is 0. The number of morpholine rings is 1. The Hall–Kier alpha value is -2.05. The predicted octanol–water partition coefficient (Wildman–Crippen LogP) is 3.18. The van der Waals surface area contributed by atoms with Crippen LogP contribution in [0.1, 0.15) is 16.0 Å². The second-order valence-corrected chi connectivity index (χ2v) is 9.12. The molecule has 0 bridgehead atoms. The first-order valence-corrected chi connectivity index (χ1v) is 11.3. The van der Waals surface area contributed by atoms with Crippen molar-refractivity contribution in [3.05, 3.63) is 71.8 Å². The SMILES string of the molecule is [CH2-]Oc1[c-]cc2c(c1)C1(CO2)C(=O)N(Cc2cnc(N3CCOCC3)s2)c2ccccc21.[U+2]. The first kappa shape index (κ1) is 22.7. The number of fused-ring (bicyclic) bond motifs is 4. The Kier molecular flexibility index (Phi) is 6.17. The molecule has 6 rings (SSSR count). The zero-order chi connectivity index (χ0) is 21.7. The van der Waals surface area contributed by atoms with E-state index in [0.717, 1.165) is 39.9 Å². The van der Waals surface area contributed by atoms with Crippen LogP contribution in [-0.2, 0) is 21.5 Å². The van der Waals surface area contributed by atoms with Crippen molar-refractivity contribution in [3.63, 3.8) is 0 Å². The Balaban J connectivity index is 0.00000228. The quantitative estimate of drug-likeness (QED) is 0.394. The number of thiazole rings is 1. The van der Waals surface area contributed by atoms with Crippen LogP contribution in [0.4, 0.5) is 10.8 Å². The molecular weight excluding hydrogens is 664 g/mol. The molecule has 9 heteroatoms. The molecule has 1 spiro atoms. The minimum atomic E-state index is -0.897. The third kappa shape index (κ3) is 3.57. The smallest absolute Gasteiger partial charge is 0.683 e. The summed E-state index contributed by atoms with van der Waals surface area (Å²) in [6, 6.07) is 14.5. The molecule has 3 aliphatic heterocycles. The minimum absolute atomic E-state index is 0. The fourth-order valence-electron chi connectivity index (χ4n) is 4.77. The van der Waals surface area contributed by atoms with Gasteiger partial charge < -0.3 is 24.0 Å². The number of rotatable bonds is 4. The van der Waals surface area contributed by atoms with E-state index >= 15 is 0 Å².